The Labute approximate surface area is 132 Å². The van der Waals surface area contributed by atoms with Gasteiger partial charge in [0.1, 0.15) is 5.60 Å². The van der Waals surface area contributed by atoms with Crippen molar-refractivity contribution in [2.24, 2.45) is 5.92 Å². The number of nitrogens with one attached hydrogen (secondary N) is 1. The SMILES string of the molecule is CCNc1cccc(C(O)C2CN(C(=O)OC(C)(C)C)C2)c1. The molecule has 1 unspecified atom stereocenters. The highest BCUT2D eigenvalue weighted by Gasteiger charge is 2.38. The zero-order valence-electron chi connectivity index (χ0n) is 13.8. The Morgan fingerprint density at radius 2 is 2.14 bits per heavy atom. The van der Waals surface area contributed by atoms with E-state index >= 15 is 0 Å². The molecule has 1 aliphatic rings. The molecule has 1 aromatic rings. The number of benzene rings is 1. The standard InChI is InChI=1S/C17H26N2O3/c1-5-18-14-8-6-7-12(9-14)15(20)13-10-19(11-13)16(21)22-17(2,3)4/h6-9,13,15,18,20H,5,10-11H2,1-4H3. The summed E-state index contributed by atoms with van der Waals surface area (Å²) in [7, 11) is 0. The third-order valence-corrected chi connectivity index (χ3v) is 3.62. The van der Waals surface area contributed by atoms with Crippen LogP contribution in [0.4, 0.5) is 10.5 Å². The Balaban J connectivity index is 1.90. The monoisotopic (exact) mass is 306 g/mol. The van der Waals surface area contributed by atoms with Gasteiger partial charge in [-0.2, -0.15) is 0 Å². The van der Waals surface area contributed by atoms with E-state index in [4.69, 9.17) is 4.74 Å². The van der Waals surface area contributed by atoms with Crippen LogP contribution in [0.2, 0.25) is 0 Å². The largest absolute Gasteiger partial charge is 0.444 e. The lowest BCUT2D eigenvalue weighted by molar-refractivity contribution is -0.0314. The van der Waals surface area contributed by atoms with Crippen LogP contribution >= 0.6 is 0 Å². The van der Waals surface area contributed by atoms with E-state index in [2.05, 4.69) is 5.32 Å². The zero-order chi connectivity index (χ0) is 16.3. The fraction of sp³-hybridized carbons (Fsp3) is 0.588. The van der Waals surface area contributed by atoms with Crippen LogP contribution in [0.3, 0.4) is 0 Å². The average Bonchev–Trinajstić information content (AvgIpc) is 2.35. The minimum absolute atomic E-state index is 0.0596. The van der Waals surface area contributed by atoms with E-state index in [-0.39, 0.29) is 12.0 Å². The summed E-state index contributed by atoms with van der Waals surface area (Å²) >= 11 is 0. The number of amides is 1. The summed E-state index contributed by atoms with van der Waals surface area (Å²) < 4.78 is 5.32. The fourth-order valence-corrected chi connectivity index (χ4v) is 2.50. The van der Waals surface area contributed by atoms with Crippen molar-refractivity contribution in [2.75, 3.05) is 25.0 Å². The number of rotatable bonds is 4. The summed E-state index contributed by atoms with van der Waals surface area (Å²) in [5, 5.41) is 13.7. The molecule has 2 N–H and O–H groups in total. The molecule has 5 nitrogen and oxygen atoms in total. The normalized spacial score (nSPS) is 16.9. The third-order valence-electron chi connectivity index (χ3n) is 3.62. The van der Waals surface area contributed by atoms with Crippen LogP contribution in [0.25, 0.3) is 0 Å². The first-order valence-electron chi connectivity index (χ1n) is 7.80. The van der Waals surface area contributed by atoms with E-state index in [1.807, 2.05) is 52.0 Å². The molecular formula is C17H26N2O3. The van der Waals surface area contributed by atoms with Gasteiger partial charge in [-0.05, 0) is 45.4 Å². The van der Waals surface area contributed by atoms with Gasteiger partial charge in [0.2, 0.25) is 0 Å². The van der Waals surface area contributed by atoms with Gasteiger partial charge in [0.15, 0.2) is 0 Å². The van der Waals surface area contributed by atoms with Crippen molar-refractivity contribution in [2.45, 2.75) is 39.4 Å². The number of carbonyl (C=O) groups excluding carboxylic acids is 1. The minimum Gasteiger partial charge on any atom is -0.444 e. The second kappa shape index (κ2) is 6.57. The molecule has 0 aromatic heterocycles. The summed E-state index contributed by atoms with van der Waals surface area (Å²) in [4.78, 5) is 13.5. The second-order valence-corrected chi connectivity index (χ2v) is 6.75. The first-order chi connectivity index (χ1) is 10.3. The maximum absolute atomic E-state index is 11.9. The Kier molecular flexibility index (Phi) is 4.96. The average molecular weight is 306 g/mol. The van der Waals surface area contributed by atoms with Gasteiger partial charge < -0.3 is 20.1 Å². The number of nitrogens with zero attached hydrogens (tertiary/aromatic N) is 1. The van der Waals surface area contributed by atoms with Crippen molar-refractivity contribution in [3.8, 4) is 0 Å². The molecule has 5 heteroatoms. The van der Waals surface area contributed by atoms with Crippen LogP contribution < -0.4 is 5.32 Å². The number of aliphatic hydroxyl groups is 1. The lowest BCUT2D eigenvalue weighted by Gasteiger charge is -2.42. The first kappa shape index (κ1) is 16.6. The Morgan fingerprint density at radius 3 is 2.73 bits per heavy atom. The summed E-state index contributed by atoms with van der Waals surface area (Å²) in [6.07, 6.45) is -0.866. The van der Waals surface area contributed by atoms with Crippen molar-refractivity contribution in [3.63, 3.8) is 0 Å². The summed E-state index contributed by atoms with van der Waals surface area (Å²) in [5.41, 5.74) is 1.40. The molecule has 1 heterocycles. The van der Waals surface area contributed by atoms with E-state index in [1.165, 1.54) is 0 Å². The predicted octanol–water partition coefficient (Wildman–Crippen LogP) is 3.02. The zero-order valence-corrected chi connectivity index (χ0v) is 13.8. The Hall–Kier alpha value is -1.75. The molecule has 0 aliphatic carbocycles. The number of carbonyl (C=O) groups is 1. The molecule has 1 atom stereocenters. The van der Waals surface area contributed by atoms with Crippen molar-refractivity contribution < 1.29 is 14.6 Å². The van der Waals surface area contributed by atoms with Crippen LogP contribution in [0.15, 0.2) is 24.3 Å². The Bertz CT molecular complexity index is 519. The highest BCUT2D eigenvalue weighted by Crippen LogP contribution is 2.31. The van der Waals surface area contributed by atoms with E-state index in [0.717, 1.165) is 17.8 Å². The maximum atomic E-state index is 11.9. The second-order valence-electron chi connectivity index (χ2n) is 6.75. The predicted molar refractivity (Wildman–Crippen MR) is 86.9 cm³/mol. The number of hydrogen-bond donors (Lipinski definition) is 2. The van der Waals surface area contributed by atoms with E-state index in [9.17, 15) is 9.90 Å². The van der Waals surface area contributed by atoms with Gasteiger partial charge >= 0.3 is 6.09 Å². The van der Waals surface area contributed by atoms with Gasteiger partial charge in [-0.1, -0.05) is 12.1 Å². The molecule has 0 saturated carbocycles. The van der Waals surface area contributed by atoms with Crippen LogP contribution in [-0.2, 0) is 4.74 Å². The summed E-state index contributed by atoms with van der Waals surface area (Å²) in [6.45, 7) is 9.49. The fourth-order valence-electron chi connectivity index (χ4n) is 2.50. The number of aliphatic hydroxyl groups excluding tert-OH is 1. The molecular weight excluding hydrogens is 280 g/mol. The molecule has 1 aromatic carbocycles. The van der Waals surface area contributed by atoms with Crippen LogP contribution in [0.1, 0.15) is 39.4 Å². The van der Waals surface area contributed by atoms with Crippen molar-refractivity contribution in [1.29, 1.82) is 0 Å². The van der Waals surface area contributed by atoms with E-state index < -0.39 is 11.7 Å². The molecule has 22 heavy (non-hydrogen) atoms. The number of ether oxygens (including phenoxy) is 1. The molecule has 0 spiro atoms. The minimum atomic E-state index is -0.558. The molecule has 0 radical (unpaired) electrons. The van der Waals surface area contributed by atoms with Crippen molar-refractivity contribution in [3.05, 3.63) is 29.8 Å². The van der Waals surface area contributed by atoms with Crippen LogP contribution in [0.5, 0.6) is 0 Å². The smallest absolute Gasteiger partial charge is 0.410 e. The maximum Gasteiger partial charge on any atom is 0.410 e. The lowest BCUT2D eigenvalue weighted by Crippen LogP contribution is -2.53. The van der Waals surface area contributed by atoms with E-state index in [0.29, 0.717) is 13.1 Å². The molecule has 1 amide bonds. The van der Waals surface area contributed by atoms with Crippen LogP contribution in [0, 0.1) is 5.92 Å². The lowest BCUT2D eigenvalue weighted by atomic mass is 9.89. The topological polar surface area (TPSA) is 61.8 Å². The third kappa shape index (κ3) is 4.13. The van der Waals surface area contributed by atoms with Crippen molar-refractivity contribution >= 4 is 11.8 Å². The van der Waals surface area contributed by atoms with Crippen LogP contribution in [-0.4, -0.2) is 41.3 Å². The molecule has 2 rings (SSSR count). The molecule has 1 fully saturated rings. The highest BCUT2D eigenvalue weighted by atomic mass is 16.6. The van der Waals surface area contributed by atoms with Gasteiger partial charge in [-0.25, -0.2) is 4.79 Å². The summed E-state index contributed by atoms with van der Waals surface area (Å²) in [5.74, 6) is 0.0596. The summed E-state index contributed by atoms with van der Waals surface area (Å²) in [6, 6.07) is 7.79. The number of likely N-dealkylation sites (tertiary alicyclic amines) is 1. The number of hydrogen-bond acceptors (Lipinski definition) is 4. The molecule has 1 saturated heterocycles. The van der Waals surface area contributed by atoms with Crippen molar-refractivity contribution in [1.82, 2.24) is 4.90 Å². The van der Waals surface area contributed by atoms with Gasteiger partial charge in [-0.3, -0.25) is 0 Å². The van der Waals surface area contributed by atoms with Gasteiger partial charge in [0.05, 0.1) is 6.10 Å². The quantitative estimate of drug-likeness (QED) is 0.897. The van der Waals surface area contributed by atoms with Gasteiger partial charge in [0.25, 0.3) is 0 Å². The molecule has 122 valence electrons. The van der Waals surface area contributed by atoms with Gasteiger partial charge in [-0.15, -0.1) is 0 Å². The Morgan fingerprint density at radius 1 is 1.45 bits per heavy atom. The first-order valence-corrected chi connectivity index (χ1v) is 7.80. The molecule has 0 bridgehead atoms. The van der Waals surface area contributed by atoms with Gasteiger partial charge in [0, 0.05) is 31.2 Å². The number of anilines is 1. The van der Waals surface area contributed by atoms with E-state index in [1.54, 1.807) is 4.90 Å². The molecule has 1 aliphatic heterocycles. The highest BCUT2D eigenvalue weighted by molar-refractivity contribution is 5.69.